The van der Waals surface area contributed by atoms with E-state index in [-0.39, 0.29) is 0 Å². The summed E-state index contributed by atoms with van der Waals surface area (Å²) < 4.78 is 38.2. The summed E-state index contributed by atoms with van der Waals surface area (Å²) in [5, 5.41) is 15.1. The van der Waals surface area contributed by atoms with E-state index in [2.05, 4.69) is 5.10 Å². The molecule has 0 saturated heterocycles. The largest absolute Gasteiger partial charge is 0.758 e. The molecule has 1 aromatic heterocycles. The molecule has 0 fully saturated rings. The lowest BCUT2D eigenvalue weighted by molar-refractivity contribution is -0.141. The SMILES string of the molecule is CN([O-])c1ccc(-n2ccc(C(F)(F)F)n2)cc1. The predicted octanol–water partition coefficient (Wildman–Crippen LogP) is 2.83. The van der Waals surface area contributed by atoms with Crippen LogP contribution in [0, 0.1) is 5.21 Å². The molecule has 2 aromatic rings. The fourth-order valence-corrected chi connectivity index (χ4v) is 1.43. The van der Waals surface area contributed by atoms with E-state index in [0.29, 0.717) is 16.4 Å². The molecule has 2 rings (SSSR count). The van der Waals surface area contributed by atoms with E-state index in [1.165, 1.54) is 37.5 Å². The molecule has 0 aliphatic carbocycles. The van der Waals surface area contributed by atoms with Crippen LogP contribution in [-0.2, 0) is 6.18 Å². The molecular weight excluding hydrogens is 247 g/mol. The zero-order valence-electron chi connectivity index (χ0n) is 9.35. The van der Waals surface area contributed by atoms with Gasteiger partial charge in [-0.25, -0.2) is 4.68 Å². The normalized spacial score (nSPS) is 11.6. The lowest BCUT2D eigenvalue weighted by atomic mass is 10.3. The average Bonchev–Trinajstić information content (AvgIpc) is 2.78. The van der Waals surface area contributed by atoms with Crippen molar-refractivity contribution in [3.05, 3.63) is 47.4 Å². The van der Waals surface area contributed by atoms with Crippen LogP contribution in [0.15, 0.2) is 36.5 Å². The Labute approximate surface area is 101 Å². The van der Waals surface area contributed by atoms with Crippen molar-refractivity contribution in [3.8, 4) is 5.69 Å². The van der Waals surface area contributed by atoms with Gasteiger partial charge in [0.1, 0.15) is 0 Å². The molecule has 1 aromatic carbocycles. The van der Waals surface area contributed by atoms with Gasteiger partial charge in [-0.3, -0.25) is 0 Å². The number of rotatable bonds is 2. The van der Waals surface area contributed by atoms with E-state index < -0.39 is 11.9 Å². The third-order valence-electron chi connectivity index (χ3n) is 2.36. The zero-order valence-corrected chi connectivity index (χ0v) is 9.35. The summed E-state index contributed by atoms with van der Waals surface area (Å²) in [6, 6.07) is 6.97. The van der Waals surface area contributed by atoms with Crippen LogP contribution >= 0.6 is 0 Å². The highest BCUT2D eigenvalue weighted by Crippen LogP contribution is 2.28. The number of anilines is 1. The maximum Gasteiger partial charge on any atom is 0.435 e. The minimum atomic E-state index is -4.46. The number of hydroxylamine groups is 1. The van der Waals surface area contributed by atoms with Crippen molar-refractivity contribution in [1.29, 1.82) is 0 Å². The fourth-order valence-electron chi connectivity index (χ4n) is 1.43. The molecule has 0 amide bonds. The molecule has 0 aliphatic heterocycles. The highest BCUT2D eigenvalue weighted by Gasteiger charge is 2.33. The maximum atomic E-state index is 12.4. The average molecular weight is 256 g/mol. The molecule has 7 heteroatoms. The van der Waals surface area contributed by atoms with Crippen LogP contribution in [0.3, 0.4) is 0 Å². The molecule has 0 atom stereocenters. The molecule has 0 saturated carbocycles. The zero-order chi connectivity index (χ0) is 13.3. The number of benzene rings is 1. The summed E-state index contributed by atoms with van der Waals surface area (Å²) in [5.41, 5.74) is -0.0782. The van der Waals surface area contributed by atoms with Gasteiger partial charge in [-0.15, -0.1) is 0 Å². The van der Waals surface area contributed by atoms with Gasteiger partial charge >= 0.3 is 6.18 Å². The third-order valence-corrected chi connectivity index (χ3v) is 2.36. The monoisotopic (exact) mass is 256 g/mol. The van der Waals surface area contributed by atoms with E-state index in [4.69, 9.17) is 0 Å². The van der Waals surface area contributed by atoms with E-state index in [0.717, 1.165) is 10.7 Å². The lowest BCUT2D eigenvalue weighted by Crippen LogP contribution is -2.08. The van der Waals surface area contributed by atoms with Crippen LogP contribution in [0.25, 0.3) is 5.69 Å². The second kappa shape index (κ2) is 4.34. The summed E-state index contributed by atoms with van der Waals surface area (Å²) in [7, 11) is 1.34. The Morgan fingerprint density at radius 3 is 2.22 bits per heavy atom. The fraction of sp³-hybridized carbons (Fsp3) is 0.182. The van der Waals surface area contributed by atoms with Gasteiger partial charge in [0, 0.05) is 11.9 Å². The molecule has 4 nitrogen and oxygen atoms in total. The molecular formula is C11H9F3N3O-. The molecule has 96 valence electrons. The van der Waals surface area contributed by atoms with Crippen LogP contribution in [-0.4, -0.2) is 16.8 Å². The highest BCUT2D eigenvalue weighted by atomic mass is 19.4. The predicted molar refractivity (Wildman–Crippen MR) is 60.3 cm³/mol. The molecule has 1 heterocycles. The van der Waals surface area contributed by atoms with Gasteiger partial charge in [0.05, 0.1) is 5.69 Å². The van der Waals surface area contributed by atoms with Crippen LogP contribution in [0.4, 0.5) is 18.9 Å². The van der Waals surface area contributed by atoms with Crippen molar-refractivity contribution in [2.75, 3.05) is 12.1 Å². The van der Waals surface area contributed by atoms with Crippen molar-refractivity contribution >= 4 is 5.69 Å². The van der Waals surface area contributed by atoms with E-state index in [1.807, 2.05) is 0 Å². The summed E-state index contributed by atoms with van der Waals surface area (Å²) in [6.07, 6.45) is -3.24. The first-order valence-corrected chi connectivity index (χ1v) is 5.02. The number of nitrogens with zero attached hydrogens (tertiary/aromatic N) is 3. The second-order valence-corrected chi connectivity index (χ2v) is 3.66. The first-order chi connectivity index (χ1) is 8.38. The maximum absolute atomic E-state index is 12.4. The standard InChI is InChI=1S/C11H9F3N3O/c1-16(18)8-2-4-9(5-3-8)17-7-6-10(15-17)11(12,13)14/h2-7H,1H3/q-1. The van der Waals surface area contributed by atoms with Gasteiger partial charge in [0.25, 0.3) is 0 Å². The number of hydrogen-bond acceptors (Lipinski definition) is 3. The van der Waals surface area contributed by atoms with Crippen LogP contribution in [0.1, 0.15) is 5.69 Å². The molecule has 0 bridgehead atoms. The lowest BCUT2D eigenvalue weighted by Gasteiger charge is -2.24. The van der Waals surface area contributed by atoms with Crippen LogP contribution in [0.2, 0.25) is 0 Å². The Morgan fingerprint density at radius 1 is 1.17 bits per heavy atom. The number of alkyl halides is 3. The Bertz CT molecular complexity index is 531. The quantitative estimate of drug-likeness (QED) is 0.776. The number of aromatic nitrogens is 2. The van der Waals surface area contributed by atoms with Crippen molar-refractivity contribution in [1.82, 2.24) is 9.78 Å². The summed E-state index contributed by atoms with van der Waals surface area (Å²) in [5.74, 6) is 0. The van der Waals surface area contributed by atoms with Gasteiger partial charge in [-0.05, 0) is 37.4 Å². The topological polar surface area (TPSA) is 44.1 Å². The highest BCUT2D eigenvalue weighted by molar-refractivity contribution is 5.50. The first kappa shape index (κ1) is 12.4. The number of halogens is 3. The molecule has 0 N–H and O–H groups in total. The molecule has 0 unspecified atom stereocenters. The van der Waals surface area contributed by atoms with Crippen LogP contribution in [0.5, 0.6) is 0 Å². The smallest absolute Gasteiger partial charge is 0.435 e. The van der Waals surface area contributed by atoms with Gasteiger partial charge < -0.3 is 10.3 Å². The van der Waals surface area contributed by atoms with Crippen molar-refractivity contribution in [2.45, 2.75) is 6.18 Å². The Morgan fingerprint density at radius 2 is 1.78 bits per heavy atom. The van der Waals surface area contributed by atoms with E-state index in [1.54, 1.807) is 0 Å². The van der Waals surface area contributed by atoms with Crippen LogP contribution < -0.4 is 5.06 Å². The van der Waals surface area contributed by atoms with E-state index >= 15 is 0 Å². The van der Waals surface area contributed by atoms with Crippen molar-refractivity contribution in [3.63, 3.8) is 0 Å². The molecule has 0 spiro atoms. The minimum absolute atomic E-state index is 0.418. The van der Waals surface area contributed by atoms with Gasteiger partial charge in [-0.1, -0.05) is 0 Å². The minimum Gasteiger partial charge on any atom is -0.758 e. The Hall–Kier alpha value is -2.02. The third kappa shape index (κ3) is 2.45. The second-order valence-electron chi connectivity index (χ2n) is 3.66. The Balaban J connectivity index is 2.29. The number of hydrogen-bond donors (Lipinski definition) is 0. The molecule has 0 aliphatic rings. The van der Waals surface area contributed by atoms with Gasteiger partial charge in [0.2, 0.25) is 0 Å². The summed E-state index contributed by atoms with van der Waals surface area (Å²) in [6.45, 7) is 0. The first-order valence-electron chi connectivity index (χ1n) is 5.02. The molecule has 0 radical (unpaired) electrons. The summed E-state index contributed by atoms with van der Waals surface area (Å²) in [4.78, 5) is 0. The van der Waals surface area contributed by atoms with Gasteiger partial charge in [0.15, 0.2) is 5.69 Å². The summed E-state index contributed by atoms with van der Waals surface area (Å²) >= 11 is 0. The Kier molecular flexibility index (Phi) is 3.00. The van der Waals surface area contributed by atoms with E-state index in [9.17, 15) is 18.4 Å². The van der Waals surface area contributed by atoms with Gasteiger partial charge in [-0.2, -0.15) is 18.3 Å². The van der Waals surface area contributed by atoms with Crippen molar-refractivity contribution in [2.24, 2.45) is 0 Å². The van der Waals surface area contributed by atoms with Crippen molar-refractivity contribution < 1.29 is 13.2 Å². The molecule has 18 heavy (non-hydrogen) atoms.